The van der Waals surface area contributed by atoms with Gasteiger partial charge in [0, 0.05) is 12.6 Å². The number of hydrogen-bond acceptors (Lipinski definition) is 3. The van der Waals surface area contributed by atoms with E-state index in [-0.39, 0.29) is 16.7 Å². The topological polar surface area (TPSA) is 47.3 Å². The first-order valence-corrected chi connectivity index (χ1v) is 7.98. The van der Waals surface area contributed by atoms with E-state index in [4.69, 9.17) is 10.5 Å². The lowest BCUT2D eigenvalue weighted by molar-refractivity contribution is -0.0834. The van der Waals surface area contributed by atoms with Gasteiger partial charge >= 0.3 is 0 Å². The van der Waals surface area contributed by atoms with Gasteiger partial charge in [-0.25, -0.2) is 0 Å². The Bertz CT molecular complexity index is 306. The summed E-state index contributed by atoms with van der Waals surface area (Å²) in [5.74, 6) is 0. The zero-order valence-electron chi connectivity index (χ0n) is 13.2. The summed E-state index contributed by atoms with van der Waals surface area (Å²) in [5, 5.41) is 3.92. The number of nitrogens with one attached hydrogen (secondary N) is 1. The van der Waals surface area contributed by atoms with Gasteiger partial charge in [-0.3, -0.25) is 0 Å². The summed E-state index contributed by atoms with van der Waals surface area (Å²) in [7, 11) is 0. The average Bonchev–Trinajstić information content (AvgIpc) is 2.49. The first-order chi connectivity index (χ1) is 8.80. The van der Waals surface area contributed by atoms with Crippen molar-refractivity contribution in [2.24, 2.45) is 5.73 Å². The van der Waals surface area contributed by atoms with Crippen molar-refractivity contribution in [1.82, 2.24) is 5.32 Å². The number of nitrogens with two attached hydrogens (primary N) is 1. The number of hydrogen-bond donors (Lipinski definition) is 2. The van der Waals surface area contributed by atoms with Gasteiger partial charge in [0.05, 0.1) is 16.7 Å². The van der Waals surface area contributed by atoms with Crippen LogP contribution in [0.3, 0.4) is 0 Å². The minimum absolute atomic E-state index is 0.0779. The van der Waals surface area contributed by atoms with Crippen LogP contribution in [0.15, 0.2) is 0 Å². The Morgan fingerprint density at radius 3 is 2.05 bits per heavy atom. The maximum absolute atomic E-state index is 6.27. The summed E-state index contributed by atoms with van der Waals surface area (Å²) in [4.78, 5) is 0. The SMILES string of the molecule is CC1(C)CC(CN)(NC2CCCCCC2)C(C)(C)O1. The van der Waals surface area contributed by atoms with Gasteiger partial charge in [-0.05, 0) is 47.0 Å². The summed E-state index contributed by atoms with van der Waals surface area (Å²) in [6, 6.07) is 0.614. The third-order valence-electron chi connectivity index (χ3n) is 5.10. The standard InChI is InChI=1S/C16H32N2O/c1-14(2)11-16(12-17,15(3,4)19-14)18-13-9-7-5-6-8-10-13/h13,18H,5-12,17H2,1-4H3. The Labute approximate surface area is 118 Å². The van der Waals surface area contributed by atoms with Crippen LogP contribution in [-0.4, -0.2) is 29.3 Å². The highest BCUT2D eigenvalue weighted by Crippen LogP contribution is 2.45. The molecule has 112 valence electrons. The van der Waals surface area contributed by atoms with Gasteiger partial charge in [-0.1, -0.05) is 25.7 Å². The average molecular weight is 268 g/mol. The van der Waals surface area contributed by atoms with Crippen molar-refractivity contribution < 1.29 is 4.74 Å². The molecule has 2 aliphatic rings. The fraction of sp³-hybridized carbons (Fsp3) is 1.00. The van der Waals surface area contributed by atoms with Gasteiger partial charge in [0.15, 0.2) is 0 Å². The van der Waals surface area contributed by atoms with Crippen LogP contribution in [-0.2, 0) is 4.74 Å². The molecule has 3 nitrogen and oxygen atoms in total. The molecule has 2 fully saturated rings. The van der Waals surface area contributed by atoms with E-state index in [1.165, 1.54) is 38.5 Å². The predicted octanol–water partition coefficient (Wildman–Crippen LogP) is 2.97. The fourth-order valence-electron chi connectivity index (χ4n) is 4.18. The van der Waals surface area contributed by atoms with Gasteiger partial charge in [-0.15, -0.1) is 0 Å². The Balaban J connectivity index is 2.13. The highest BCUT2D eigenvalue weighted by atomic mass is 16.5. The van der Waals surface area contributed by atoms with Crippen molar-refractivity contribution in [3.8, 4) is 0 Å². The van der Waals surface area contributed by atoms with Crippen molar-refractivity contribution in [3.63, 3.8) is 0 Å². The molecule has 3 heteroatoms. The third-order valence-corrected chi connectivity index (χ3v) is 5.10. The lowest BCUT2D eigenvalue weighted by Crippen LogP contribution is -2.64. The summed E-state index contributed by atoms with van der Waals surface area (Å²) >= 11 is 0. The Hall–Kier alpha value is -0.120. The summed E-state index contributed by atoms with van der Waals surface area (Å²) in [6.07, 6.45) is 9.06. The molecule has 1 saturated carbocycles. The molecule has 0 aromatic rings. The molecule has 0 amide bonds. The van der Waals surface area contributed by atoms with Crippen LogP contribution in [0.1, 0.15) is 72.6 Å². The van der Waals surface area contributed by atoms with Gasteiger partial charge in [0.1, 0.15) is 0 Å². The zero-order chi connectivity index (χ0) is 14.1. The lowest BCUT2D eigenvalue weighted by atomic mass is 9.78. The van der Waals surface area contributed by atoms with E-state index in [0.29, 0.717) is 12.6 Å². The maximum atomic E-state index is 6.27. The summed E-state index contributed by atoms with van der Waals surface area (Å²) in [5.41, 5.74) is 5.82. The molecular formula is C16H32N2O. The van der Waals surface area contributed by atoms with E-state index in [0.717, 1.165) is 6.42 Å². The third kappa shape index (κ3) is 3.14. The molecule has 1 aliphatic heterocycles. The largest absolute Gasteiger partial charge is 0.368 e. The van der Waals surface area contributed by atoms with Crippen LogP contribution in [0.4, 0.5) is 0 Å². The van der Waals surface area contributed by atoms with Crippen molar-refractivity contribution >= 4 is 0 Å². The molecule has 1 atom stereocenters. The normalized spacial score (nSPS) is 35.2. The Morgan fingerprint density at radius 1 is 1.05 bits per heavy atom. The molecule has 0 radical (unpaired) electrons. The van der Waals surface area contributed by atoms with Crippen molar-refractivity contribution in [2.45, 2.75) is 95.4 Å². The molecule has 0 bridgehead atoms. The van der Waals surface area contributed by atoms with E-state index in [9.17, 15) is 0 Å². The minimum atomic E-state index is -0.197. The molecule has 1 heterocycles. The molecule has 0 aromatic carbocycles. The van der Waals surface area contributed by atoms with E-state index in [1.54, 1.807) is 0 Å². The highest BCUT2D eigenvalue weighted by Gasteiger charge is 2.56. The first-order valence-electron chi connectivity index (χ1n) is 7.98. The van der Waals surface area contributed by atoms with Gasteiger partial charge in [0.2, 0.25) is 0 Å². The maximum Gasteiger partial charge on any atom is 0.0828 e. The monoisotopic (exact) mass is 268 g/mol. The molecule has 2 rings (SSSR count). The van der Waals surface area contributed by atoms with E-state index in [2.05, 4.69) is 33.0 Å². The number of rotatable bonds is 3. The molecule has 1 saturated heterocycles. The zero-order valence-corrected chi connectivity index (χ0v) is 13.2. The molecule has 0 aromatic heterocycles. The van der Waals surface area contributed by atoms with E-state index < -0.39 is 0 Å². The highest BCUT2D eigenvalue weighted by molar-refractivity contribution is 5.13. The molecule has 0 spiro atoms. The minimum Gasteiger partial charge on any atom is -0.368 e. The van der Waals surface area contributed by atoms with Crippen LogP contribution >= 0.6 is 0 Å². The summed E-state index contributed by atoms with van der Waals surface area (Å²) < 4.78 is 6.27. The van der Waals surface area contributed by atoms with Crippen LogP contribution in [0.25, 0.3) is 0 Å². The number of ether oxygens (including phenoxy) is 1. The van der Waals surface area contributed by atoms with E-state index in [1.807, 2.05) is 0 Å². The van der Waals surface area contributed by atoms with Crippen molar-refractivity contribution in [2.75, 3.05) is 6.54 Å². The van der Waals surface area contributed by atoms with Crippen LogP contribution in [0.5, 0.6) is 0 Å². The quantitative estimate of drug-likeness (QED) is 0.774. The smallest absolute Gasteiger partial charge is 0.0828 e. The second-order valence-electron chi connectivity index (χ2n) is 7.67. The van der Waals surface area contributed by atoms with Crippen LogP contribution < -0.4 is 11.1 Å². The molecule has 19 heavy (non-hydrogen) atoms. The molecule has 3 N–H and O–H groups in total. The van der Waals surface area contributed by atoms with E-state index >= 15 is 0 Å². The predicted molar refractivity (Wildman–Crippen MR) is 80.3 cm³/mol. The lowest BCUT2D eigenvalue weighted by Gasteiger charge is -2.42. The fourth-order valence-corrected chi connectivity index (χ4v) is 4.18. The van der Waals surface area contributed by atoms with Crippen LogP contribution in [0.2, 0.25) is 0 Å². The Kier molecular flexibility index (Phi) is 4.29. The van der Waals surface area contributed by atoms with Gasteiger partial charge < -0.3 is 15.8 Å². The van der Waals surface area contributed by atoms with Crippen LogP contribution in [0, 0.1) is 0 Å². The first kappa shape index (κ1) is 15.3. The van der Waals surface area contributed by atoms with Crippen molar-refractivity contribution in [3.05, 3.63) is 0 Å². The second kappa shape index (κ2) is 5.34. The molecule has 1 aliphatic carbocycles. The molecular weight excluding hydrogens is 236 g/mol. The second-order valence-corrected chi connectivity index (χ2v) is 7.67. The van der Waals surface area contributed by atoms with Gasteiger partial charge in [-0.2, -0.15) is 0 Å². The summed E-state index contributed by atoms with van der Waals surface area (Å²) in [6.45, 7) is 9.40. The van der Waals surface area contributed by atoms with Gasteiger partial charge in [0.25, 0.3) is 0 Å². The Morgan fingerprint density at radius 2 is 1.63 bits per heavy atom. The van der Waals surface area contributed by atoms with Crippen molar-refractivity contribution in [1.29, 1.82) is 0 Å². The molecule has 1 unspecified atom stereocenters.